The summed E-state index contributed by atoms with van der Waals surface area (Å²) in [4.78, 5) is 11.6. The maximum absolute atomic E-state index is 11.6. The summed E-state index contributed by atoms with van der Waals surface area (Å²) in [6, 6.07) is 0. The lowest BCUT2D eigenvalue weighted by Gasteiger charge is -2.24. The smallest absolute Gasteiger partial charge is 0.327 e. The number of rotatable bonds is 6. The zero-order valence-corrected chi connectivity index (χ0v) is 10.5. The van der Waals surface area contributed by atoms with Crippen molar-refractivity contribution < 1.29 is 23.2 Å². The van der Waals surface area contributed by atoms with Gasteiger partial charge in [0.05, 0.1) is 6.61 Å². The Morgan fingerprint density at radius 1 is 1.56 bits per heavy atom. The first-order valence-corrected chi connectivity index (χ1v) is 6.71. The standard InChI is InChI=1S/C9H17NO5S/c1-4-15-8(11)9(2,16(3,13)14)6-5-7-10-12/h7,12H,4-6H2,1-3H3/b10-7-. The van der Waals surface area contributed by atoms with Gasteiger partial charge in [0.1, 0.15) is 0 Å². The Morgan fingerprint density at radius 3 is 2.50 bits per heavy atom. The Hall–Kier alpha value is -1.11. The van der Waals surface area contributed by atoms with Crippen LogP contribution in [0, 0.1) is 0 Å². The largest absolute Gasteiger partial charge is 0.465 e. The van der Waals surface area contributed by atoms with Crippen LogP contribution in [0.25, 0.3) is 0 Å². The van der Waals surface area contributed by atoms with Crippen molar-refractivity contribution in [2.24, 2.45) is 5.16 Å². The van der Waals surface area contributed by atoms with Crippen molar-refractivity contribution in [2.75, 3.05) is 12.9 Å². The van der Waals surface area contributed by atoms with E-state index >= 15 is 0 Å². The summed E-state index contributed by atoms with van der Waals surface area (Å²) in [6.45, 7) is 3.04. The molecular formula is C9H17NO5S. The van der Waals surface area contributed by atoms with Gasteiger partial charge in [0.25, 0.3) is 0 Å². The predicted molar refractivity (Wildman–Crippen MR) is 59.4 cm³/mol. The van der Waals surface area contributed by atoms with Crippen LogP contribution >= 0.6 is 0 Å². The topological polar surface area (TPSA) is 93.0 Å². The summed E-state index contributed by atoms with van der Waals surface area (Å²) < 4.78 is 26.3. The van der Waals surface area contributed by atoms with Crippen molar-refractivity contribution in [3.8, 4) is 0 Å². The number of carbonyl (C=O) groups is 1. The molecule has 0 rings (SSSR count). The molecule has 94 valence electrons. The minimum absolute atomic E-state index is 0.0225. The molecule has 0 saturated heterocycles. The molecule has 0 aromatic rings. The van der Waals surface area contributed by atoms with E-state index in [1.54, 1.807) is 6.92 Å². The quantitative estimate of drug-likeness (QED) is 0.323. The van der Waals surface area contributed by atoms with Crippen LogP contribution in [0.1, 0.15) is 26.7 Å². The van der Waals surface area contributed by atoms with Crippen molar-refractivity contribution in [1.29, 1.82) is 0 Å². The van der Waals surface area contributed by atoms with E-state index in [2.05, 4.69) is 5.16 Å². The highest BCUT2D eigenvalue weighted by atomic mass is 32.2. The number of hydrogen-bond acceptors (Lipinski definition) is 6. The minimum atomic E-state index is -3.58. The molecule has 1 atom stereocenters. The fraction of sp³-hybridized carbons (Fsp3) is 0.778. The maximum Gasteiger partial charge on any atom is 0.327 e. The van der Waals surface area contributed by atoms with Gasteiger partial charge in [-0.15, -0.1) is 5.16 Å². The Balaban J connectivity index is 4.97. The fourth-order valence-corrected chi connectivity index (χ4v) is 1.97. The lowest BCUT2D eigenvalue weighted by molar-refractivity contribution is -0.145. The average molecular weight is 251 g/mol. The van der Waals surface area contributed by atoms with E-state index in [4.69, 9.17) is 9.94 Å². The average Bonchev–Trinajstić information content (AvgIpc) is 2.16. The Morgan fingerprint density at radius 2 is 2.12 bits per heavy atom. The molecule has 0 bridgehead atoms. The molecule has 0 spiro atoms. The number of sulfone groups is 1. The maximum atomic E-state index is 11.6. The molecule has 0 fully saturated rings. The summed E-state index contributed by atoms with van der Waals surface area (Å²) in [5.41, 5.74) is 0. The van der Waals surface area contributed by atoms with Gasteiger partial charge in [-0.3, -0.25) is 4.79 Å². The SMILES string of the molecule is CCOC(=O)C(C)(CC/C=N\O)S(C)(=O)=O. The van der Waals surface area contributed by atoms with Crippen LogP contribution in [0.2, 0.25) is 0 Å². The minimum Gasteiger partial charge on any atom is -0.465 e. The van der Waals surface area contributed by atoms with Crippen LogP contribution in [-0.2, 0) is 19.4 Å². The van der Waals surface area contributed by atoms with E-state index in [-0.39, 0.29) is 19.4 Å². The Labute approximate surface area is 95.2 Å². The summed E-state index contributed by atoms with van der Waals surface area (Å²) in [6.07, 6.45) is 2.33. The highest BCUT2D eigenvalue weighted by molar-refractivity contribution is 7.92. The van der Waals surface area contributed by atoms with Crippen LogP contribution in [0.15, 0.2) is 5.16 Å². The molecular weight excluding hydrogens is 234 g/mol. The van der Waals surface area contributed by atoms with Crippen LogP contribution in [0.3, 0.4) is 0 Å². The first-order chi connectivity index (χ1) is 7.29. The second-order valence-corrected chi connectivity index (χ2v) is 6.01. The molecule has 0 aliphatic rings. The molecule has 16 heavy (non-hydrogen) atoms. The third-order valence-electron chi connectivity index (χ3n) is 2.36. The Kier molecular flexibility index (Phi) is 5.43. The number of ether oxygens (including phenoxy) is 1. The first kappa shape index (κ1) is 14.9. The van der Waals surface area contributed by atoms with Crippen LogP contribution in [0.4, 0.5) is 0 Å². The molecule has 0 amide bonds. The highest BCUT2D eigenvalue weighted by Gasteiger charge is 2.44. The van der Waals surface area contributed by atoms with Crippen molar-refractivity contribution >= 4 is 22.0 Å². The van der Waals surface area contributed by atoms with E-state index in [9.17, 15) is 13.2 Å². The van der Waals surface area contributed by atoms with Gasteiger partial charge >= 0.3 is 5.97 Å². The molecule has 0 aromatic heterocycles. The fourth-order valence-electron chi connectivity index (χ4n) is 1.12. The van der Waals surface area contributed by atoms with Crippen molar-refractivity contribution in [3.05, 3.63) is 0 Å². The zero-order valence-electron chi connectivity index (χ0n) is 9.63. The molecule has 0 aromatic carbocycles. The van der Waals surface area contributed by atoms with Crippen molar-refractivity contribution in [3.63, 3.8) is 0 Å². The van der Waals surface area contributed by atoms with Gasteiger partial charge in [0, 0.05) is 12.5 Å². The number of nitrogens with zero attached hydrogens (tertiary/aromatic N) is 1. The monoisotopic (exact) mass is 251 g/mol. The zero-order chi connectivity index (χ0) is 12.8. The van der Waals surface area contributed by atoms with Gasteiger partial charge in [-0.2, -0.15) is 0 Å². The van der Waals surface area contributed by atoms with Crippen LogP contribution < -0.4 is 0 Å². The van der Waals surface area contributed by atoms with Gasteiger partial charge in [0.15, 0.2) is 14.6 Å². The molecule has 0 saturated carbocycles. The molecule has 0 aliphatic carbocycles. The molecule has 0 heterocycles. The second-order valence-electron chi connectivity index (χ2n) is 3.56. The number of carbonyl (C=O) groups excluding carboxylic acids is 1. The summed E-state index contributed by atoms with van der Waals surface area (Å²) in [5.74, 6) is -0.774. The number of oxime groups is 1. The molecule has 1 unspecified atom stereocenters. The first-order valence-electron chi connectivity index (χ1n) is 4.82. The molecule has 0 aliphatic heterocycles. The number of hydrogen-bond donors (Lipinski definition) is 1. The van der Waals surface area contributed by atoms with Gasteiger partial charge < -0.3 is 9.94 Å². The number of esters is 1. The van der Waals surface area contributed by atoms with E-state index in [1.165, 1.54) is 6.92 Å². The van der Waals surface area contributed by atoms with E-state index in [0.29, 0.717) is 0 Å². The summed E-state index contributed by atoms with van der Waals surface area (Å²) >= 11 is 0. The highest BCUT2D eigenvalue weighted by Crippen LogP contribution is 2.24. The van der Waals surface area contributed by atoms with Crippen molar-refractivity contribution in [2.45, 2.75) is 31.4 Å². The third-order valence-corrected chi connectivity index (χ3v) is 4.37. The van der Waals surface area contributed by atoms with Gasteiger partial charge in [0.2, 0.25) is 0 Å². The predicted octanol–water partition coefficient (Wildman–Crippen LogP) is 0.593. The summed E-state index contributed by atoms with van der Waals surface area (Å²) in [5, 5.41) is 11.0. The van der Waals surface area contributed by atoms with E-state index in [0.717, 1.165) is 12.5 Å². The second kappa shape index (κ2) is 5.83. The van der Waals surface area contributed by atoms with Crippen LogP contribution in [-0.4, -0.2) is 43.4 Å². The lowest BCUT2D eigenvalue weighted by Crippen LogP contribution is -2.44. The molecule has 0 radical (unpaired) electrons. The van der Waals surface area contributed by atoms with Crippen molar-refractivity contribution in [1.82, 2.24) is 0 Å². The van der Waals surface area contributed by atoms with Gasteiger partial charge in [-0.1, -0.05) is 0 Å². The molecule has 1 N–H and O–H groups in total. The lowest BCUT2D eigenvalue weighted by atomic mass is 10.1. The van der Waals surface area contributed by atoms with E-state index in [1.807, 2.05) is 0 Å². The Bertz CT molecular complexity index is 362. The molecule has 7 heteroatoms. The van der Waals surface area contributed by atoms with Gasteiger partial charge in [-0.25, -0.2) is 8.42 Å². The summed E-state index contributed by atoms with van der Waals surface area (Å²) in [7, 11) is -3.58. The molecule has 6 nitrogen and oxygen atoms in total. The van der Waals surface area contributed by atoms with Gasteiger partial charge in [-0.05, 0) is 26.7 Å². The van der Waals surface area contributed by atoms with E-state index < -0.39 is 20.6 Å². The van der Waals surface area contributed by atoms with Crippen LogP contribution in [0.5, 0.6) is 0 Å². The third kappa shape index (κ3) is 3.48. The normalized spacial score (nSPS) is 15.9.